The third-order valence-electron chi connectivity index (χ3n) is 3.70. The molecule has 0 saturated carbocycles. The predicted molar refractivity (Wildman–Crippen MR) is 95.9 cm³/mol. The van der Waals surface area contributed by atoms with Crippen LogP contribution in [0.15, 0.2) is 47.4 Å². The van der Waals surface area contributed by atoms with E-state index in [0.29, 0.717) is 31.9 Å². The molecule has 0 aromatic heterocycles. The summed E-state index contributed by atoms with van der Waals surface area (Å²) >= 11 is 1.65. The monoisotopic (exact) mass is 361 g/mol. The molecule has 1 N–H and O–H groups in total. The smallest absolute Gasteiger partial charge is 0.224 e. The second kappa shape index (κ2) is 8.76. The average molecular weight is 361 g/mol. The lowest BCUT2D eigenvalue weighted by atomic mass is 10.1. The summed E-state index contributed by atoms with van der Waals surface area (Å²) in [6.07, 6.45) is 1.18. The normalized spacial score (nSPS) is 12.7. The number of amides is 1. The van der Waals surface area contributed by atoms with Gasteiger partial charge >= 0.3 is 0 Å². The Kier molecular flexibility index (Phi) is 6.17. The Bertz CT molecular complexity index is 721. The molecule has 0 atom stereocenters. The molecule has 25 heavy (non-hydrogen) atoms. The van der Waals surface area contributed by atoms with E-state index >= 15 is 0 Å². The SMILES string of the molecule is O=C(Cc1ccc2c(c1)OCCO2)NCCCSc1ccc(F)cc1. The number of ether oxygens (including phenoxy) is 2. The lowest BCUT2D eigenvalue weighted by Crippen LogP contribution is -2.26. The highest BCUT2D eigenvalue weighted by atomic mass is 32.2. The van der Waals surface area contributed by atoms with Gasteiger partial charge in [-0.05, 0) is 54.1 Å². The van der Waals surface area contributed by atoms with E-state index < -0.39 is 0 Å². The van der Waals surface area contributed by atoms with Crippen molar-refractivity contribution in [3.05, 3.63) is 53.8 Å². The molecule has 2 aromatic rings. The summed E-state index contributed by atoms with van der Waals surface area (Å²) in [5.74, 6) is 2.07. The number of benzene rings is 2. The summed E-state index contributed by atoms with van der Waals surface area (Å²) in [7, 11) is 0. The zero-order chi connectivity index (χ0) is 17.5. The molecule has 0 spiro atoms. The third kappa shape index (κ3) is 5.39. The van der Waals surface area contributed by atoms with Gasteiger partial charge < -0.3 is 14.8 Å². The van der Waals surface area contributed by atoms with Gasteiger partial charge in [0.2, 0.25) is 5.91 Å². The van der Waals surface area contributed by atoms with Gasteiger partial charge in [0, 0.05) is 11.4 Å². The minimum Gasteiger partial charge on any atom is -0.486 e. The highest BCUT2D eigenvalue weighted by molar-refractivity contribution is 7.99. The topological polar surface area (TPSA) is 47.6 Å². The molecule has 1 aliphatic heterocycles. The Morgan fingerprint density at radius 2 is 1.84 bits per heavy atom. The van der Waals surface area contributed by atoms with Crippen LogP contribution < -0.4 is 14.8 Å². The van der Waals surface area contributed by atoms with Crippen molar-refractivity contribution in [1.29, 1.82) is 0 Å². The fourth-order valence-corrected chi connectivity index (χ4v) is 3.32. The minimum absolute atomic E-state index is 0.0107. The maximum atomic E-state index is 12.8. The van der Waals surface area contributed by atoms with Crippen LogP contribution in [0.25, 0.3) is 0 Å². The van der Waals surface area contributed by atoms with Crippen LogP contribution in [0, 0.1) is 5.82 Å². The van der Waals surface area contributed by atoms with Crippen LogP contribution in [-0.4, -0.2) is 31.4 Å². The molecule has 1 heterocycles. The van der Waals surface area contributed by atoms with Crippen LogP contribution in [0.1, 0.15) is 12.0 Å². The van der Waals surface area contributed by atoms with Gasteiger partial charge in [0.1, 0.15) is 19.0 Å². The minimum atomic E-state index is -0.226. The summed E-state index contributed by atoms with van der Waals surface area (Å²) in [5, 5.41) is 2.92. The Balaban J connectivity index is 1.36. The van der Waals surface area contributed by atoms with Gasteiger partial charge in [-0.25, -0.2) is 4.39 Å². The zero-order valence-corrected chi connectivity index (χ0v) is 14.6. The zero-order valence-electron chi connectivity index (χ0n) is 13.8. The summed E-state index contributed by atoms with van der Waals surface area (Å²) in [4.78, 5) is 13.1. The molecule has 0 unspecified atom stereocenters. The van der Waals surface area contributed by atoms with E-state index in [0.717, 1.165) is 28.4 Å². The molecule has 2 aromatic carbocycles. The molecule has 6 heteroatoms. The number of carbonyl (C=O) groups excluding carboxylic acids is 1. The van der Waals surface area contributed by atoms with E-state index in [2.05, 4.69) is 5.32 Å². The van der Waals surface area contributed by atoms with Gasteiger partial charge in [-0.15, -0.1) is 11.8 Å². The summed E-state index contributed by atoms with van der Waals surface area (Å²) in [5.41, 5.74) is 0.905. The first-order chi connectivity index (χ1) is 12.2. The Morgan fingerprint density at radius 3 is 2.64 bits per heavy atom. The van der Waals surface area contributed by atoms with Crippen molar-refractivity contribution >= 4 is 17.7 Å². The number of carbonyl (C=O) groups is 1. The van der Waals surface area contributed by atoms with Crippen molar-refractivity contribution in [2.24, 2.45) is 0 Å². The van der Waals surface area contributed by atoms with Crippen molar-refractivity contribution in [1.82, 2.24) is 5.32 Å². The summed E-state index contributed by atoms with van der Waals surface area (Å²) in [6.45, 7) is 1.72. The number of nitrogens with one attached hydrogen (secondary N) is 1. The van der Waals surface area contributed by atoms with E-state index in [9.17, 15) is 9.18 Å². The summed E-state index contributed by atoms with van der Waals surface area (Å²) < 4.78 is 23.8. The quantitative estimate of drug-likeness (QED) is 0.606. The Hall–Kier alpha value is -2.21. The Labute approximate surface area is 150 Å². The number of thioether (sulfide) groups is 1. The van der Waals surface area contributed by atoms with Crippen LogP contribution in [0.4, 0.5) is 4.39 Å². The van der Waals surface area contributed by atoms with Crippen molar-refractivity contribution in [3.63, 3.8) is 0 Å². The number of halogens is 1. The first kappa shape index (κ1) is 17.6. The number of rotatable bonds is 7. The number of hydrogen-bond donors (Lipinski definition) is 1. The van der Waals surface area contributed by atoms with Gasteiger partial charge in [0.05, 0.1) is 6.42 Å². The van der Waals surface area contributed by atoms with Gasteiger partial charge in [0.15, 0.2) is 11.5 Å². The van der Waals surface area contributed by atoms with Crippen LogP contribution in [-0.2, 0) is 11.2 Å². The van der Waals surface area contributed by atoms with Crippen LogP contribution in [0.3, 0.4) is 0 Å². The molecule has 1 amide bonds. The van der Waals surface area contributed by atoms with Gasteiger partial charge in [0.25, 0.3) is 0 Å². The lowest BCUT2D eigenvalue weighted by Gasteiger charge is -2.18. The highest BCUT2D eigenvalue weighted by Gasteiger charge is 2.13. The molecule has 0 aliphatic carbocycles. The fourth-order valence-electron chi connectivity index (χ4n) is 2.47. The molecule has 0 fully saturated rings. The van der Waals surface area contributed by atoms with Crippen molar-refractivity contribution in [2.45, 2.75) is 17.7 Å². The molecular formula is C19H20FNO3S. The molecule has 1 aliphatic rings. The van der Waals surface area contributed by atoms with Crippen LogP contribution in [0.2, 0.25) is 0 Å². The van der Waals surface area contributed by atoms with E-state index in [4.69, 9.17) is 9.47 Å². The van der Waals surface area contributed by atoms with Crippen molar-refractivity contribution in [2.75, 3.05) is 25.5 Å². The second-order valence-electron chi connectivity index (χ2n) is 5.66. The van der Waals surface area contributed by atoms with E-state index in [1.54, 1.807) is 23.9 Å². The molecule has 3 rings (SSSR count). The van der Waals surface area contributed by atoms with Gasteiger partial charge in [-0.2, -0.15) is 0 Å². The van der Waals surface area contributed by atoms with Gasteiger partial charge in [-0.3, -0.25) is 4.79 Å². The maximum absolute atomic E-state index is 12.8. The van der Waals surface area contributed by atoms with Crippen LogP contribution >= 0.6 is 11.8 Å². The third-order valence-corrected chi connectivity index (χ3v) is 4.80. The second-order valence-corrected chi connectivity index (χ2v) is 6.83. The average Bonchev–Trinajstić information content (AvgIpc) is 2.63. The van der Waals surface area contributed by atoms with E-state index in [1.165, 1.54) is 12.1 Å². The van der Waals surface area contributed by atoms with Gasteiger partial charge in [-0.1, -0.05) is 6.07 Å². The molecular weight excluding hydrogens is 341 g/mol. The number of hydrogen-bond acceptors (Lipinski definition) is 4. The molecule has 0 saturated heterocycles. The standard InChI is InChI=1S/C19H20FNO3S/c20-15-3-5-16(6-4-15)25-11-1-8-21-19(22)13-14-2-7-17-18(12-14)24-10-9-23-17/h2-7,12H,1,8-11,13H2,(H,21,22). The summed E-state index contributed by atoms with van der Waals surface area (Å²) in [6, 6.07) is 12.0. The first-order valence-electron chi connectivity index (χ1n) is 8.24. The Morgan fingerprint density at radius 1 is 1.08 bits per heavy atom. The first-order valence-corrected chi connectivity index (χ1v) is 9.23. The molecule has 132 valence electrons. The molecule has 4 nitrogen and oxygen atoms in total. The largest absolute Gasteiger partial charge is 0.486 e. The number of fused-ring (bicyclic) bond motifs is 1. The predicted octanol–water partition coefficient (Wildman–Crippen LogP) is 3.44. The van der Waals surface area contributed by atoms with Crippen molar-refractivity contribution < 1.29 is 18.7 Å². The van der Waals surface area contributed by atoms with Crippen molar-refractivity contribution in [3.8, 4) is 11.5 Å². The highest BCUT2D eigenvalue weighted by Crippen LogP contribution is 2.30. The fraction of sp³-hybridized carbons (Fsp3) is 0.316. The lowest BCUT2D eigenvalue weighted by molar-refractivity contribution is -0.120. The molecule has 0 bridgehead atoms. The van der Waals surface area contributed by atoms with E-state index in [-0.39, 0.29) is 11.7 Å². The van der Waals surface area contributed by atoms with Crippen LogP contribution in [0.5, 0.6) is 11.5 Å². The van der Waals surface area contributed by atoms with E-state index in [1.807, 2.05) is 18.2 Å². The molecule has 0 radical (unpaired) electrons. The maximum Gasteiger partial charge on any atom is 0.224 e.